The van der Waals surface area contributed by atoms with Crippen LogP contribution in [0.5, 0.6) is 0 Å². The smallest absolute Gasteiger partial charge is 0.224 e. The van der Waals surface area contributed by atoms with Gasteiger partial charge in [-0.2, -0.15) is 0 Å². The highest BCUT2D eigenvalue weighted by Gasteiger charge is 2.33. The van der Waals surface area contributed by atoms with Gasteiger partial charge in [-0.15, -0.1) is 0 Å². The summed E-state index contributed by atoms with van der Waals surface area (Å²) < 4.78 is 27.2. The zero-order valence-electron chi connectivity index (χ0n) is 9.02. The molecule has 0 aromatic rings. The van der Waals surface area contributed by atoms with Crippen molar-refractivity contribution < 1.29 is 17.9 Å². The molecule has 88 valence electrons. The Morgan fingerprint density at radius 3 is 2.73 bits per heavy atom. The number of amides is 1. The molecular weight excluding hydrogens is 218 g/mol. The van der Waals surface area contributed by atoms with E-state index in [2.05, 4.69) is 5.32 Å². The van der Waals surface area contributed by atoms with E-state index >= 15 is 0 Å². The molecule has 1 aliphatic rings. The average Bonchev–Trinajstić information content (AvgIpc) is 2.46. The number of methoxy groups -OCH3 is 1. The van der Waals surface area contributed by atoms with Crippen LogP contribution in [-0.2, 0) is 19.4 Å². The van der Waals surface area contributed by atoms with Gasteiger partial charge in [0.1, 0.15) is 0 Å². The lowest BCUT2D eigenvalue weighted by atomic mass is 10.1. The van der Waals surface area contributed by atoms with E-state index in [0.717, 1.165) is 0 Å². The number of hydrogen-bond donors (Lipinski definition) is 1. The van der Waals surface area contributed by atoms with Gasteiger partial charge in [0.2, 0.25) is 5.91 Å². The molecule has 1 saturated heterocycles. The van der Waals surface area contributed by atoms with Crippen molar-refractivity contribution in [3.8, 4) is 0 Å². The van der Waals surface area contributed by atoms with E-state index in [1.165, 1.54) is 0 Å². The van der Waals surface area contributed by atoms with Gasteiger partial charge in [0.25, 0.3) is 0 Å². The summed E-state index contributed by atoms with van der Waals surface area (Å²) in [6, 6.07) is -0.0780. The number of carbonyl (C=O) groups is 1. The first-order valence-electron chi connectivity index (χ1n) is 4.94. The van der Waals surface area contributed by atoms with Crippen molar-refractivity contribution >= 4 is 15.7 Å². The van der Waals surface area contributed by atoms with Gasteiger partial charge in [0, 0.05) is 13.2 Å². The highest BCUT2D eigenvalue weighted by atomic mass is 32.2. The first-order valence-corrected chi connectivity index (χ1v) is 6.76. The fourth-order valence-electron chi connectivity index (χ4n) is 1.65. The largest absolute Gasteiger partial charge is 0.383 e. The fourth-order valence-corrected chi connectivity index (χ4v) is 3.40. The number of nitrogens with one attached hydrogen (secondary N) is 1. The fraction of sp³-hybridized carbons (Fsp3) is 0.889. The second kappa shape index (κ2) is 4.94. The Hall–Kier alpha value is -0.620. The Morgan fingerprint density at radius 2 is 2.27 bits per heavy atom. The van der Waals surface area contributed by atoms with E-state index in [9.17, 15) is 13.2 Å². The average molecular weight is 235 g/mol. The molecule has 0 unspecified atom stereocenters. The highest BCUT2D eigenvalue weighted by molar-refractivity contribution is 7.91. The highest BCUT2D eigenvalue weighted by Crippen LogP contribution is 2.18. The Bertz CT molecular complexity index is 325. The van der Waals surface area contributed by atoms with Crippen LogP contribution in [0.1, 0.15) is 13.3 Å². The minimum absolute atomic E-state index is 0.0153. The first-order chi connectivity index (χ1) is 6.94. The van der Waals surface area contributed by atoms with Crippen molar-refractivity contribution in [3.63, 3.8) is 0 Å². The zero-order valence-corrected chi connectivity index (χ0v) is 9.84. The molecule has 1 amide bonds. The van der Waals surface area contributed by atoms with Crippen LogP contribution in [0.3, 0.4) is 0 Å². The molecule has 0 aromatic heterocycles. The molecule has 1 fully saturated rings. The van der Waals surface area contributed by atoms with E-state index in [-0.39, 0.29) is 29.4 Å². The number of hydrogen-bond acceptors (Lipinski definition) is 4. The maximum absolute atomic E-state index is 11.6. The monoisotopic (exact) mass is 235 g/mol. The summed E-state index contributed by atoms with van der Waals surface area (Å²) in [6.45, 7) is 2.26. The summed E-state index contributed by atoms with van der Waals surface area (Å²) in [5.41, 5.74) is 0. The maximum atomic E-state index is 11.6. The SMILES string of the molecule is COC[C@@H](C)NC(=O)[C@H]1CCS(=O)(=O)C1. The molecule has 0 saturated carbocycles. The molecule has 5 nitrogen and oxygen atoms in total. The standard InChI is InChI=1S/C9H17NO4S/c1-7(5-14-2)10-9(11)8-3-4-15(12,13)6-8/h7-8H,3-6H2,1-2H3,(H,10,11)/t7-,8+/m1/s1. The Balaban J connectivity index is 2.42. The van der Waals surface area contributed by atoms with E-state index in [1.807, 2.05) is 6.92 Å². The zero-order chi connectivity index (χ0) is 11.5. The molecule has 1 N–H and O–H groups in total. The van der Waals surface area contributed by atoms with Crippen molar-refractivity contribution in [2.24, 2.45) is 5.92 Å². The van der Waals surface area contributed by atoms with Crippen LogP contribution in [-0.4, -0.2) is 45.6 Å². The van der Waals surface area contributed by atoms with Crippen molar-refractivity contribution in [2.75, 3.05) is 25.2 Å². The molecule has 6 heteroatoms. The lowest BCUT2D eigenvalue weighted by Gasteiger charge is -2.15. The topological polar surface area (TPSA) is 72.5 Å². The summed E-state index contributed by atoms with van der Waals surface area (Å²) in [6.07, 6.45) is 0.438. The third-order valence-electron chi connectivity index (χ3n) is 2.41. The predicted molar refractivity (Wildman–Crippen MR) is 56.2 cm³/mol. The van der Waals surface area contributed by atoms with E-state index in [4.69, 9.17) is 4.74 Å². The number of ether oxygens (including phenoxy) is 1. The molecular formula is C9H17NO4S. The molecule has 1 aliphatic heterocycles. The van der Waals surface area contributed by atoms with Gasteiger partial charge in [0.05, 0.1) is 24.0 Å². The second-order valence-electron chi connectivity index (χ2n) is 3.96. The third kappa shape index (κ3) is 3.79. The quantitative estimate of drug-likeness (QED) is 0.718. The molecule has 1 rings (SSSR count). The van der Waals surface area contributed by atoms with Crippen molar-refractivity contribution in [2.45, 2.75) is 19.4 Å². The van der Waals surface area contributed by atoms with E-state index in [1.54, 1.807) is 7.11 Å². The maximum Gasteiger partial charge on any atom is 0.224 e. The third-order valence-corrected chi connectivity index (χ3v) is 4.18. The molecule has 1 heterocycles. The molecule has 2 atom stereocenters. The van der Waals surface area contributed by atoms with Crippen molar-refractivity contribution in [1.82, 2.24) is 5.32 Å². The van der Waals surface area contributed by atoms with Gasteiger partial charge >= 0.3 is 0 Å². The second-order valence-corrected chi connectivity index (χ2v) is 6.19. The lowest BCUT2D eigenvalue weighted by molar-refractivity contribution is -0.125. The van der Waals surface area contributed by atoms with E-state index < -0.39 is 9.84 Å². The van der Waals surface area contributed by atoms with Crippen LogP contribution >= 0.6 is 0 Å². The van der Waals surface area contributed by atoms with Gasteiger partial charge in [-0.3, -0.25) is 4.79 Å². The van der Waals surface area contributed by atoms with E-state index in [0.29, 0.717) is 13.0 Å². The van der Waals surface area contributed by atoms with Crippen LogP contribution < -0.4 is 5.32 Å². The molecule has 0 bridgehead atoms. The lowest BCUT2D eigenvalue weighted by Crippen LogP contribution is -2.39. The summed E-state index contributed by atoms with van der Waals surface area (Å²) in [5.74, 6) is -0.447. The number of carbonyl (C=O) groups excluding carboxylic acids is 1. The molecule has 0 aromatic carbocycles. The van der Waals surface area contributed by atoms with Gasteiger partial charge < -0.3 is 10.1 Å². The molecule has 15 heavy (non-hydrogen) atoms. The summed E-state index contributed by atoms with van der Waals surface area (Å²) in [4.78, 5) is 11.6. The van der Waals surface area contributed by atoms with Crippen LogP contribution in [0.4, 0.5) is 0 Å². The van der Waals surface area contributed by atoms with Crippen LogP contribution in [0, 0.1) is 5.92 Å². The summed E-state index contributed by atoms with van der Waals surface area (Å²) >= 11 is 0. The number of sulfone groups is 1. The van der Waals surface area contributed by atoms with Crippen LogP contribution in [0.2, 0.25) is 0 Å². The molecule has 0 radical (unpaired) electrons. The minimum atomic E-state index is -2.98. The predicted octanol–water partition coefficient (Wildman–Crippen LogP) is -0.428. The van der Waals surface area contributed by atoms with Gasteiger partial charge in [-0.25, -0.2) is 8.42 Å². The van der Waals surface area contributed by atoms with Crippen molar-refractivity contribution in [3.05, 3.63) is 0 Å². The molecule has 0 spiro atoms. The normalized spacial score (nSPS) is 26.1. The Labute approximate surface area is 90.1 Å². The Morgan fingerprint density at radius 1 is 1.60 bits per heavy atom. The van der Waals surface area contributed by atoms with Gasteiger partial charge in [-0.1, -0.05) is 0 Å². The van der Waals surface area contributed by atoms with Gasteiger partial charge in [0.15, 0.2) is 9.84 Å². The first kappa shape index (κ1) is 12.4. The molecule has 0 aliphatic carbocycles. The summed E-state index contributed by atoms with van der Waals surface area (Å²) in [5, 5.41) is 2.73. The van der Waals surface area contributed by atoms with Crippen molar-refractivity contribution in [1.29, 1.82) is 0 Å². The Kier molecular flexibility index (Phi) is 4.10. The summed E-state index contributed by atoms with van der Waals surface area (Å²) in [7, 11) is -1.42. The van der Waals surface area contributed by atoms with Crippen LogP contribution in [0.15, 0.2) is 0 Å². The minimum Gasteiger partial charge on any atom is -0.383 e. The van der Waals surface area contributed by atoms with Gasteiger partial charge in [-0.05, 0) is 13.3 Å². The number of rotatable bonds is 4. The van der Waals surface area contributed by atoms with Crippen LogP contribution in [0.25, 0.3) is 0 Å².